The number of nitrogens with zero attached hydrogens (tertiary/aromatic N) is 4. The van der Waals surface area contributed by atoms with E-state index in [1.54, 1.807) is 51.1 Å². The van der Waals surface area contributed by atoms with Crippen molar-refractivity contribution in [3.63, 3.8) is 0 Å². The quantitative estimate of drug-likeness (QED) is 0.102. The van der Waals surface area contributed by atoms with E-state index >= 15 is 0 Å². The number of nitrogens with one attached hydrogen (secondary N) is 1. The molecule has 8 rings (SSSR count). The number of hydrogen-bond acceptors (Lipinski definition) is 8. The fraction of sp³-hybridized carbons (Fsp3) is 0.255. The van der Waals surface area contributed by atoms with E-state index in [0.717, 1.165) is 71.4 Å². The molecule has 2 aliphatic rings. The van der Waals surface area contributed by atoms with Gasteiger partial charge in [0.05, 0.1) is 37.7 Å². The van der Waals surface area contributed by atoms with Crippen LogP contribution in [0.15, 0.2) is 158 Å². The molecule has 0 aromatic heterocycles. The molecule has 2 saturated heterocycles. The van der Waals surface area contributed by atoms with E-state index in [-0.39, 0.29) is 55.5 Å². The molecule has 6 aromatic rings. The summed E-state index contributed by atoms with van der Waals surface area (Å²) in [5.74, 6) is -2.16. The second kappa shape index (κ2) is 24.3. The average molecular weight is 983 g/mol. The van der Waals surface area contributed by atoms with E-state index in [9.17, 15) is 41.2 Å². The lowest BCUT2D eigenvalue weighted by Crippen LogP contribution is -2.49. The topological polar surface area (TPSA) is 170 Å². The molecule has 0 saturated carbocycles. The van der Waals surface area contributed by atoms with Crippen LogP contribution in [-0.4, -0.2) is 105 Å². The number of amides is 5. The van der Waals surface area contributed by atoms with Crippen LogP contribution in [-0.2, 0) is 27.7 Å². The number of piperidine rings is 1. The highest BCUT2D eigenvalue weighted by Gasteiger charge is 2.30. The maximum absolute atomic E-state index is 13.5. The Labute approximate surface area is 412 Å². The number of carbonyl (C=O) groups excluding carboxylic acids is 5. The molecule has 0 atom stereocenters. The van der Waals surface area contributed by atoms with E-state index in [2.05, 4.69) is 0 Å². The largest absolute Gasteiger partial charge is 0.344 e. The minimum Gasteiger partial charge on any atom is -0.344 e. The molecule has 5 amide bonds. The number of sulfone groups is 1. The van der Waals surface area contributed by atoms with Crippen LogP contribution in [0.1, 0.15) is 51.1 Å². The fourth-order valence-electron chi connectivity index (χ4n) is 8.22. The summed E-state index contributed by atoms with van der Waals surface area (Å²) in [6, 6.07) is 48.9. The molecule has 0 unspecified atom stereocenters. The van der Waals surface area contributed by atoms with Crippen molar-refractivity contribution < 1.29 is 41.2 Å². The van der Waals surface area contributed by atoms with Crippen molar-refractivity contribution in [3.05, 3.63) is 180 Å². The number of carbonyl (C=O) groups is 5. The summed E-state index contributed by atoms with van der Waals surface area (Å²) in [6.07, 6.45) is -0.0972. The molecule has 2 heterocycles. The van der Waals surface area contributed by atoms with Crippen LogP contribution in [0.5, 0.6) is 0 Å². The predicted octanol–water partition coefficient (Wildman–Crippen LogP) is 8.88. The van der Waals surface area contributed by atoms with Gasteiger partial charge in [-0.15, -0.1) is 0 Å². The van der Waals surface area contributed by atoms with Gasteiger partial charge >= 0.3 is 18.5 Å². The number of Topliss-reactive ketones (excluding diaryl/α,β-unsaturated/α-hetero) is 2. The maximum Gasteiger partial charge on any atom is 0.324 e. The first-order valence-corrected chi connectivity index (χ1v) is 25.2. The Morgan fingerprint density at radius 3 is 1.32 bits per heavy atom. The normalized spacial score (nSPS) is 14.1. The fourth-order valence-corrected chi connectivity index (χ4v) is 9.42. The summed E-state index contributed by atoms with van der Waals surface area (Å²) < 4.78 is 48.4. The van der Waals surface area contributed by atoms with Gasteiger partial charge < -0.3 is 20.9 Å². The smallest absolute Gasteiger partial charge is 0.324 e. The SMILES string of the molecule is NCC(=O)c1ccc(CN(C(=O)N2CCS(=O)(=O)CC2)c2ccc(-c3ccccc3)cc2)cc1.O=C(CNC(=O)C(F)F)c1ccc(CN(C(=O)N2CCCCC2)c2ccc(-c3ccccc3)cc2)cc1. The molecule has 2 aliphatic heterocycles. The van der Waals surface area contributed by atoms with Crippen LogP contribution in [0.3, 0.4) is 0 Å². The molecule has 0 aliphatic carbocycles. The van der Waals surface area contributed by atoms with Gasteiger partial charge in [0.1, 0.15) is 0 Å². The zero-order valence-corrected chi connectivity index (χ0v) is 40.0. The van der Waals surface area contributed by atoms with Crippen molar-refractivity contribution in [2.75, 3.05) is 60.6 Å². The molecule has 13 nitrogen and oxygen atoms in total. The van der Waals surface area contributed by atoms with Crippen LogP contribution in [0.25, 0.3) is 22.3 Å². The van der Waals surface area contributed by atoms with Gasteiger partial charge in [0.25, 0.3) is 5.91 Å². The van der Waals surface area contributed by atoms with Crippen molar-refractivity contribution in [1.29, 1.82) is 0 Å². The molecular weight excluding hydrogens is 927 g/mol. The van der Waals surface area contributed by atoms with Crippen LogP contribution in [0.2, 0.25) is 0 Å². The average Bonchev–Trinajstić information content (AvgIpc) is 3.41. The van der Waals surface area contributed by atoms with Crippen molar-refractivity contribution in [2.45, 2.75) is 38.8 Å². The lowest BCUT2D eigenvalue weighted by atomic mass is 10.0. The number of anilines is 2. The zero-order chi connectivity index (χ0) is 50.3. The molecule has 0 bridgehead atoms. The lowest BCUT2D eigenvalue weighted by molar-refractivity contribution is -0.131. The van der Waals surface area contributed by atoms with E-state index < -0.39 is 34.5 Å². The summed E-state index contributed by atoms with van der Waals surface area (Å²) in [7, 11) is -3.10. The summed E-state index contributed by atoms with van der Waals surface area (Å²) in [5.41, 5.74) is 13.6. The van der Waals surface area contributed by atoms with Gasteiger partial charge in [-0.3, -0.25) is 24.2 Å². The highest BCUT2D eigenvalue weighted by atomic mass is 32.2. The molecular formula is C55H56F2N6O7S. The second-order valence-corrected chi connectivity index (χ2v) is 19.5. The number of halogens is 2. The number of hydrogen-bond donors (Lipinski definition) is 2. The Bertz CT molecular complexity index is 2850. The second-order valence-electron chi connectivity index (χ2n) is 17.2. The minimum absolute atomic E-state index is 0.0323. The van der Waals surface area contributed by atoms with Crippen LogP contribution >= 0.6 is 0 Å². The Morgan fingerprint density at radius 2 is 0.915 bits per heavy atom. The first kappa shape index (κ1) is 51.3. The highest BCUT2D eigenvalue weighted by molar-refractivity contribution is 7.91. The number of likely N-dealkylation sites (tertiary alicyclic amines) is 1. The summed E-state index contributed by atoms with van der Waals surface area (Å²) >= 11 is 0. The van der Waals surface area contributed by atoms with Gasteiger partial charge in [-0.25, -0.2) is 18.0 Å². The standard InChI is InChI=1S/C29H29F2N3O3.C26H27N3O4S/c30-27(31)28(36)32-19-26(35)24-11-9-21(10-12-24)20-34(29(37)33-17-5-2-6-18-33)25-15-13-23(14-16-25)22-7-3-1-4-8-22;27-18-25(30)23-8-6-20(7-9-23)19-29(26(31)28-14-16-34(32,33)17-15-28)24-12-10-22(11-13-24)21-4-2-1-3-5-21/h1,3-4,7-16,27H,2,5-6,17-20H2,(H,32,36);1-13H,14-19,27H2. The van der Waals surface area contributed by atoms with Crippen molar-refractivity contribution in [3.8, 4) is 22.3 Å². The van der Waals surface area contributed by atoms with Crippen LogP contribution in [0.4, 0.5) is 29.7 Å². The first-order valence-electron chi connectivity index (χ1n) is 23.4. The predicted molar refractivity (Wildman–Crippen MR) is 272 cm³/mol. The Morgan fingerprint density at radius 1 is 0.521 bits per heavy atom. The Balaban J connectivity index is 0.000000209. The number of alkyl halides is 2. The minimum atomic E-state index is -3.17. The molecule has 0 radical (unpaired) electrons. The number of nitrogens with two attached hydrogens (primary N) is 1. The van der Waals surface area contributed by atoms with Crippen molar-refractivity contribution >= 4 is 50.7 Å². The van der Waals surface area contributed by atoms with Crippen molar-refractivity contribution in [2.24, 2.45) is 5.73 Å². The maximum atomic E-state index is 13.5. The molecule has 3 N–H and O–H groups in total. The third-order valence-corrected chi connectivity index (χ3v) is 13.9. The summed E-state index contributed by atoms with van der Waals surface area (Å²) in [6.45, 7) is 1.80. The van der Waals surface area contributed by atoms with E-state index in [4.69, 9.17) is 5.73 Å². The molecule has 2 fully saturated rings. The third kappa shape index (κ3) is 14.0. The van der Waals surface area contributed by atoms with E-state index in [0.29, 0.717) is 23.4 Å². The molecule has 0 spiro atoms. The van der Waals surface area contributed by atoms with Gasteiger partial charge in [-0.2, -0.15) is 8.78 Å². The summed E-state index contributed by atoms with van der Waals surface area (Å²) in [4.78, 5) is 69.0. The third-order valence-electron chi connectivity index (χ3n) is 12.3. The van der Waals surface area contributed by atoms with Gasteiger partial charge in [0, 0.05) is 48.7 Å². The van der Waals surface area contributed by atoms with E-state index in [1.165, 1.54) is 0 Å². The Hall–Kier alpha value is -7.56. The van der Waals surface area contributed by atoms with E-state index in [1.807, 2.05) is 132 Å². The number of ketones is 2. The monoisotopic (exact) mass is 982 g/mol. The summed E-state index contributed by atoms with van der Waals surface area (Å²) in [5, 5.41) is 1.92. The van der Waals surface area contributed by atoms with Gasteiger partial charge in [0.15, 0.2) is 21.4 Å². The first-order chi connectivity index (χ1) is 34.3. The number of rotatable bonds is 14. The van der Waals surface area contributed by atoms with Crippen LogP contribution in [0, 0.1) is 0 Å². The van der Waals surface area contributed by atoms with Gasteiger partial charge in [-0.1, -0.05) is 133 Å². The molecule has 16 heteroatoms. The molecule has 71 heavy (non-hydrogen) atoms. The highest BCUT2D eigenvalue weighted by Crippen LogP contribution is 2.28. The van der Waals surface area contributed by atoms with Gasteiger partial charge in [0.2, 0.25) is 0 Å². The molecule has 6 aromatic carbocycles. The lowest BCUT2D eigenvalue weighted by Gasteiger charge is -2.33. The Kier molecular flexibility index (Phi) is 17.6. The van der Waals surface area contributed by atoms with Gasteiger partial charge in [-0.05, 0) is 76.9 Å². The zero-order valence-electron chi connectivity index (χ0n) is 39.2. The number of benzene rings is 6. The van der Waals surface area contributed by atoms with Crippen molar-refractivity contribution in [1.82, 2.24) is 15.1 Å². The van der Waals surface area contributed by atoms with Crippen LogP contribution < -0.4 is 20.9 Å². The molecule has 368 valence electrons. The number of urea groups is 2.